The van der Waals surface area contributed by atoms with E-state index in [1.165, 1.54) is 0 Å². The van der Waals surface area contributed by atoms with Gasteiger partial charge in [0.2, 0.25) is 0 Å². The van der Waals surface area contributed by atoms with Crippen LogP contribution in [0.3, 0.4) is 0 Å². The molecule has 3 atom stereocenters. The van der Waals surface area contributed by atoms with Crippen LogP contribution in [0.1, 0.15) is 26.7 Å². The van der Waals surface area contributed by atoms with Gasteiger partial charge in [-0.2, -0.15) is 0 Å². The minimum Gasteiger partial charge on any atom is -0.375 e. The van der Waals surface area contributed by atoms with Gasteiger partial charge in [0.1, 0.15) is 0 Å². The fourth-order valence-electron chi connectivity index (χ4n) is 3.98. The van der Waals surface area contributed by atoms with E-state index in [1.807, 2.05) is 11.8 Å². The van der Waals surface area contributed by atoms with Crippen LogP contribution < -0.4 is 5.32 Å². The van der Waals surface area contributed by atoms with Crippen molar-refractivity contribution >= 4 is 6.03 Å². The Balaban J connectivity index is 1.43. The molecule has 24 heavy (non-hydrogen) atoms. The molecule has 3 aliphatic rings. The molecule has 0 aromatic rings. The Hall–Kier alpha value is -0.890. The molecule has 0 aliphatic carbocycles. The number of morpholine rings is 1. The molecule has 3 rings (SSSR count). The van der Waals surface area contributed by atoms with Crippen LogP contribution >= 0.6 is 0 Å². The normalized spacial score (nSPS) is 31.5. The smallest absolute Gasteiger partial charge is 0.317 e. The Kier molecular flexibility index (Phi) is 5.64. The topological polar surface area (TPSA) is 63.3 Å². The van der Waals surface area contributed by atoms with Crippen LogP contribution in [0.4, 0.5) is 4.79 Å². The van der Waals surface area contributed by atoms with E-state index in [9.17, 15) is 4.79 Å². The predicted molar refractivity (Wildman–Crippen MR) is 89.8 cm³/mol. The number of likely N-dealkylation sites (N-methyl/N-ethyl adjacent to an activating group) is 1. The van der Waals surface area contributed by atoms with Crippen molar-refractivity contribution in [3.63, 3.8) is 0 Å². The first-order valence-corrected chi connectivity index (χ1v) is 9.09. The largest absolute Gasteiger partial charge is 0.375 e. The number of nitrogens with one attached hydrogen (secondary N) is 1. The van der Waals surface area contributed by atoms with Crippen LogP contribution in [-0.4, -0.2) is 86.8 Å². The summed E-state index contributed by atoms with van der Waals surface area (Å²) in [6, 6.07) is 0.340. The zero-order valence-electron chi connectivity index (χ0n) is 15.1. The van der Waals surface area contributed by atoms with E-state index in [-0.39, 0.29) is 12.1 Å². The van der Waals surface area contributed by atoms with Crippen molar-refractivity contribution in [2.24, 2.45) is 5.92 Å². The minimum absolute atomic E-state index is 0.0256. The Bertz CT molecular complexity index is 442. The Morgan fingerprint density at radius 2 is 2.04 bits per heavy atom. The van der Waals surface area contributed by atoms with E-state index in [0.717, 1.165) is 39.1 Å². The first-order chi connectivity index (χ1) is 11.5. The van der Waals surface area contributed by atoms with Gasteiger partial charge in [0.25, 0.3) is 0 Å². The van der Waals surface area contributed by atoms with E-state index in [4.69, 9.17) is 14.2 Å². The van der Waals surface area contributed by atoms with Crippen LogP contribution in [0.15, 0.2) is 0 Å². The lowest BCUT2D eigenvalue weighted by Crippen LogP contribution is -2.60. The number of ether oxygens (including phenoxy) is 3. The quantitative estimate of drug-likeness (QED) is 0.823. The number of carbonyl (C=O) groups is 1. The molecule has 3 aliphatic heterocycles. The van der Waals surface area contributed by atoms with Gasteiger partial charge in [-0.1, -0.05) is 6.92 Å². The zero-order chi connectivity index (χ0) is 17.2. The second kappa shape index (κ2) is 7.56. The second-order valence-electron chi connectivity index (χ2n) is 7.52. The van der Waals surface area contributed by atoms with Crippen molar-refractivity contribution in [1.29, 1.82) is 0 Å². The van der Waals surface area contributed by atoms with Crippen LogP contribution in [-0.2, 0) is 14.2 Å². The third-order valence-corrected chi connectivity index (χ3v) is 5.37. The number of nitrogens with zero attached hydrogens (tertiary/aromatic N) is 2. The SMILES string of the molecule is C[C@H](CNC(=O)N1CC[C@@H]2OCCN(C)[C@@H]2C1)CC1(C)OCCO1. The first kappa shape index (κ1) is 17.9. The maximum absolute atomic E-state index is 12.5. The molecule has 0 saturated carbocycles. The summed E-state index contributed by atoms with van der Waals surface area (Å²) in [5.74, 6) is -0.194. The van der Waals surface area contributed by atoms with Gasteiger partial charge in [-0.25, -0.2) is 4.79 Å². The molecule has 7 nitrogen and oxygen atoms in total. The third-order valence-electron chi connectivity index (χ3n) is 5.37. The standard InChI is InChI=1S/C17H31N3O4/c1-13(10-17(2)23-8-9-24-17)11-18-16(21)20-5-4-15-14(12-20)19(3)6-7-22-15/h13-15H,4-12H2,1-3H3,(H,18,21)/t13-,14+,15-/m0/s1. The minimum atomic E-state index is -0.495. The van der Waals surface area contributed by atoms with Crippen molar-refractivity contribution in [2.45, 2.75) is 44.6 Å². The summed E-state index contributed by atoms with van der Waals surface area (Å²) in [5, 5.41) is 3.07. The fraction of sp³-hybridized carbons (Fsp3) is 0.941. The summed E-state index contributed by atoms with van der Waals surface area (Å²) < 4.78 is 17.1. The predicted octanol–water partition coefficient (Wildman–Crippen LogP) is 0.890. The lowest BCUT2D eigenvalue weighted by Gasteiger charge is -2.45. The second-order valence-corrected chi connectivity index (χ2v) is 7.52. The molecule has 0 radical (unpaired) electrons. The van der Waals surface area contributed by atoms with E-state index >= 15 is 0 Å². The fourth-order valence-corrected chi connectivity index (χ4v) is 3.98. The van der Waals surface area contributed by atoms with Gasteiger partial charge in [-0.3, -0.25) is 4.90 Å². The van der Waals surface area contributed by atoms with Gasteiger partial charge < -0.3 is 24.4 Å². The zero-order valence-corrected chi connectivity index (χ0v) is 15.1. The van der Waals surface area contributed by atoms with E-state index in [1.54, 1.807) is 0 Å². The number of carbonyl (C=O) groups excluding carboxylic acids is 1. The summed E-state index contributed by atoms with van der Waals surface area (Å²) >= 11 is 0. The number of piperidine rings is 1. The van der Waals surface area contributed by atoms with Crippen molar-refractivity contribution in [1.82, 2.24) is 15.1 Å². The highest BCUT2D eigenvalue weighted by Crippen LogP contribution is 2.26. The van der Waals surface area contributed by atoms with Gasteiger partial charge in [0.15, 0.2) is 5.79 Å². The summed E-state index contributed by atoms with van der Waals surface area (Å²) in [5.41, 5.74) is 0. The highest BCUT2D eigenvalue weighted by Gasteiger charge is 2.37. The van der Waals surface area contributed by atoms with Gasteiger partial charge in [-0.05, 0) is 26.3 Å². The molecular formula is C17H31N3O4. The molecule has 0 aromatic heterocycles. The maximum atomic E-state index is 12.5. The van der Waals surface area contributed by atoms with E-state index < -0.39 is 5.79 Å². The summed E-state index contributed by atoms with van der Waals surface area (Å²) in [6.45, 7) is 9.27. The van der Waals surface area contributed by atoms with Crippen LogP contribution in [0.25, 0.3) is 0 Å². The molecule has 3 fully saturated rings. The average Bonchev–Trinajstić information content (AvgIpc) is 2.99. The molecule has 3 heterocycles. The van der Waals surface area contributed by atoms with Crippen molar-refractivity contribution < 1.29 is 19.0 Å². The monoisotopic (exact) mass is 341 g/mol. The van der Waals surface area contributed by atoms with Crippen molar-refractivity contribution in [3.8, 4) is 0 Å². The molecule has 0 aromatic carbocycles. The number of fused-ring (bicyclic) bond motifs is 1. The first-order valence-electron chi connectivity index (χ1n) is 9.09. The van der Waals surface area contributed by atoms with Crippen molar-refractivity contribution in [2.75, 3.05) is 53.0 Å². The number of urea groups is 1. The maximum Gasteiger partial charge on any atom is 0.317 e. The lowest BCUT2D eigenvalue weighted by atomic mass is 9.99. The van der Waals surface area contributed by atoms with Crippen LogP contribution in [0, 0.1) is 5.92 Å². The summed E-state index contributed by atoms with van der Waals surface area (Å²) in [6.07, 6.45) is 1.97. The van der Waals surface area contributed by atoms with Gasteiger partial charge >= 0.3 is 6.03 Å². The lowest BCUT2D eigenvalue weighted by molar-refractivity contribution is -0.153. The number of hydrogen-bond acceptors (Lipinski definition) is 5. The molecule has 0 unspecified atom stereocenters. The molecule has 7 heteroatoms. The molecule has 138 valence electrons. The molecule has 2 amide bonds. The average molecular weight is 341 g/mol. The number of hydrogen-bond donors (Lipinski definition) is 1. The number of rotatable bonds is 4. The van der Waals surface area contributed by atoms with Crippen LogP contribution in [0.5, 0.6) is 0 Å². The van der Waals surface area contributed by atoms with Gasteiger partial charge in [-0.15, -0.1) is 0 Å². The Labute approximate surface area is 144 Å². The van der Waals surface area contributed by atoms with Gasteiger partial charge in [0.05, 0.1) is 32.0 Å². The van der Waals surface area contributed by atoms with E-state index in [0.29, 0.717) is 31.7 Å². The molecule has 0 spiro atoms. The summed E-state index contributed by atoms with van der Waals surface area (Å²) in [7, 11) is 2.12. The third kappa shape index (κ3) is 4.20. The highest BCUT2D eigenvalue weighted by molar-refractivity contribution is 5.74. The molecule has 3 saturated heterocycles. The Morgan fingerprint density at radius 1 is 1.29 bits per heavy atom. The van der Waals surface area contributed by atoms with Crippen molar-refractivity contribution in [3.05, 3.63) is 0 Å². The molecular weight excluding hydrogens is 310 g/mol. The van der Waals surface area contributed by atoms with Crippen LogP contribution in [0.2, 0.25) is 0 Å². The highest BCUT2D eigenvalue weighted by atomic mass is 16.7. The van der Waals surface area contributed by atoms with E-state index in [2.05, 4.69) is 24.2 Å². The molecule has 0 bridgehead atoms. The summed E-state index contributed by atoms with van der Waals surface area (Å²) in [4.78, 5) is 16.7. The molecule has 1 N–H and O–H groups in total. The number of amides is 2. The van der Waals surface area contributed by atoms with Gasteiger partial charge in [0, 0.05) is 32.6 Å². The Morgan fingerprint density at radius 3 is 2.79 bits per heavy atom. The number of likely N-dealkylation sites (tertiary alicyclic amines) is 1.